The van der Waals surface area contributed by atoms with E-state index in [1.165, 1.54) is 17.3 Å². The van der Waals surface area contributed by atoms with E-state index in [2.05, 4.69) is 15.7 Å². The minimum absolute atomic E-state index is 0. The van der Waals surface area contributed by atoms with Crippen LogP contribution in [0.5, 0.6) is 0 Å². The van der Waals surface area contributed by atoms with Gasteiger partial charge in [0, 0.05) is 0 Å². The SMILES string of the molecule is C.Cc1ccc2nsnc2c1. The molecule has 0 aliphatic carbocycles. The van der Waals surface area contributed by atoms with Crippen LogP contribution in [0.4, 0.5) is 0 Å². The first kappa shape index (κ1) is 8.14. The van der Waals surface area contributed by atoms with Crippen LogP contribution in [-0.4, -0.2) is 8.75 Å². The van der Waals surface area contributed by atoms with Crippen LogP contribution in [0.3, 0.4) is 0 Å². The average Bonchev–Trinajstić information content (AvgIpc) is 2.33. The second-order valence-corrected chi connectivity index (χ2v) is 2.78. The first-order chi connectivity index (χ1) is 4.86. The Morgan fingerprint density at radius 3 is 2.73 bits per heavy atom. The van der Waals surface area contributed by atoms with Crippen molar-refractivity contribution in [1.82, 2.24) is 8.75 Å². The molecule has 0 atom stereocenters. The van der Waals surface area contributed by atoms with Gasteiger partial charge < -0.3 is 0 Å². The highest BCUT2D eigenvalue weighted by Crippen LogP contribution is 2.11. The maximum absolute atomic E-state index is 4.11. The number of nitrogens with zero attached hydrogens (tertiary/aromatic N) is 2. The van der Waals surface area contributed by atoms with Gasteiger partial charge in [-0.05, 0) is 24.6 Å². The predicted octanol–water partition coefficient (Wildman–Crippen LogP) is 2.64. The zero-order valence-corrected chi connectivity index (χ0v) is 6.35. The third-order valence-electron chi connectivity index (χ3n) is 1.41. The van der Waals surface area contributed by atoms with Gasteiger partial charge in [0.2, 0.25) is 0 Å². The number of aromatic nitrogens is 2. The van der Waals surface area contributed by atoms with Crippen molar-refractivity contribution >= 4 is 22.8 Å². The first-order valence-electron chi connectivity index (χ1n) is 3.05. The fourth-order valence-electron chi connectivity index (χ4n) is 0.892. The Labute approximate surface area is 70.2 Å². The summed E-state index contributed by atoms with van der Waals surface area (Å²) in [6.07, 6.45) is 0. The third kappa shape index (κ3) is 1.38. The Bertz CT molecular complexity index is 354. The Morgan fingerprint density at radius 1 is 1.18 bits per heavy atom. The second-order valence-electron chi connectivity index (χ2n) is 2.26. The Morgan fingerprint density at radius 2 is 1.91 bits per heavy atom. The largest absolute Gasteiger partial charge is 0.173 e. The van der Waals surface area contributed by atoms with Crippen LogP contribution >= 0.6 is 11.7 Å². The molecule has 11 heavy (non-hydrogen) atoms. The molecule has 0 saturated carbocycles. The highest BCUT2D eigenvalue weighted by Gasteiger charge is 1.95. The highest BCUT2D eigenvalue weighted by atomic mass is 32.1. The van der Waals surface area contributed by atoms with Gasteiger partial charge in [0.05, 0.1) is 11.7 Å². The summed E-state index contributed by atoms with van der Waals surface area (Å²) in [5.74, 6) is 0. The van der Waals surface area contributed by atoms with Crippen LogP contribution in [-0.2, 0) is 0 Å². The first-order valence-corrected chi connectivity index (χ1v) is 3.78. The third-order valence-corrected chi connectivity index (χ3v) is 1.97. The molecule has 0 spiro atoms. The molecule has 0 aliphatic rings. The molecule has 0 unspecified atom stereocenters. The lowest BCUT2D eigenvalue weighted by Gasteiger charge is -1.87. The molecule has 1 heterocycles. The molecule has 0 saturated heterocycles. The van der Waals surface area contributed by atoms with E-state index in [0.29, 0.717) is 0 Å². The van der Waals surface area contributed by atoms with Gasteiger partial charge in [-0.1, -0.05) is 13.5 Å². The summed E-state index contributed by atoms with van der Waals surface area (Å²) >= 11 is 1.26. The van der Waals surface area contributed by atoms with Crippen molar-refractivity contribution in [2.45, 2.75) is 14.4 Å². The van der Waals surface area contributed by atoms with Gasteiger partial charge in [-0.3, -0.25) is 0 Å². The van der Waals surface area contributed by atoms with E-state index in [9.17, 15) is 0 Å². The van der Waals surface area contributed by atoms with Gasteiger partial charge in [-0.2, -0.15) is 8.75 Å². The monoisotopic (exact) mass is 166 g/mol. The van der Waals surface area contributed by atoms with Gasteiger partial charge in [0.25, 0.3) is 0 Å². The number of benzene rings is 1. The summed E-state index contributed by atoms with van der Waals surface area (Å²) in [5, 5.41) is 0. The maximum atomic E-state index is 4.11. The molecule has 1 aromatic carbocycles. The lowest BCUT2D eigenvalue weighted by atomic mass is 10.2. The fraction of sp³-hybridized carbons (Fsp3) is 0.250. The van der Waals surface area contributed by atoms with Gasteiger partial charge in [-0.25, -0.2) is 0 Å². The summed E-state index contributed by atoms with van der Waals surface area (Å²) in [6, 6.07) is 6.08. The fourth-order valence-corrected chi connectivity index (χ4v) is 1.41. The predicted molar refractivity (Wildman–Crippen MR) is 48.9 cm³/mol. The Balaban J connectivity index is 0.000000605. The van der Waals surface area contributed by atoms with Gasteiger partial charge in [-0.15, -0.1) is 0 Å². The Kier molecular flexibility index (Phi) is 2.19. The molecule has 0 aliphatic heterocycles. The van der Waals surface area contributed by atoms with Crippen LogP contribution in [0, 0.1) is 6.92 Å². The van der Waals surface area contributed by atoms with Crippen molar-refractivity contribution in [2.24, 2.45) is 0 Å². The number of aryl methyl sites for hydroxylation is 1. The summed E-state index contributed by atoms with van der Waals surface area (Å²) in [6.45, 7) is 2.05. The van der Waals surface area contributed by atoms with Crippen molar-refractivity contribution in [1.29, 1.82) is 0 Å². The smallest absolute Gasteiger partial charge is 0.105 e. The van der Waals surface area contributed by atoms with E-state index in [0.717, 1.165) is 11.0 Å². The number of rotatable bonds is 0. The quantitative estimate of drug-likeness (QED) is 0.601. The molecular formula is C8H10N2S. The number of fused-ring (bicyclic) bond motifs is 1. The van der Waals surface area contributed by atoms with Crippen molar-refractivity contribution in [3.8, 4) is 0 Å². The van der Waals surface area contributed by atoms with E-state index >= 15 is 0 Å². The van der Waals surface area contributed by atoms with Crippen LogP contribution in [0.2, 0.25) is 0 Å². The molecule has 2 nitrogen and oxygen atoms in total. The van der Waals surface area contributed by atoms with E-state index < -0.39 is 0 Å². The molecule has 2 aromatic rings. The van der Waals surface area contributed by atoms with Crippen molar-refractivity contribution in [3.05, 3.63) is 23.8 Å². The standard InChI is InChI=1S/C7H6N2S.CH4/c1-5-2-3-6-7(4-5)9-10-8-6;/h2-4H,1H3;1H4. The van der Waals surface area contributed by atoms with Gasteiger partial charge in [0.1, 0.15) is 11.0 Å². The molecular weight excluding hydrogens is 156 g/mol. The molecule has 0 amide bonds. The molecule has 2 rings (SSSR count). The van der Waals surface area contributed by atoms with Crippen molar-refractivity contribution in [3.63, 3.8) is 0 Å². The van der Waals surface area contributed by atoms with E-state index in [-0.39, 0.29) is 7.43 Å². The zero-order chi connectivity index (χ0) is 6.97. The van der Waals surface area contributed by atoms with Gasteiger partial charge in [0.15, 0.2) is 0 Å². The summed E-state index contributed by atoms with van der Waals surface area (Å²) in [4.78, 5) is 0. The molecule has 0 fully saturated rings. The minimum atomic E-state index is 0. The second kappa shape index (κ2) is 2.96. The lowest BCUT2D eigenvalue weighted by molar-refractivity contribution is 1.48. The minimum Gasteiger partial charge on any atom is -0.173 e. The van der Waals surface area contributed by atoms with Crippen LogP contribution in [0.1, 0.15) is 13.0 Å². The molecule has 0 N–H and O–H groups in total. The normalized spacial score (nSPS) is 9.55. The summed E-state index contributed by atoms with van der Waals surface area (Å²) < 4.78 is 8.20. The van der Waals surface area contributed by atoms with Crippen molar-refractivity contribution < 1.29 is 0 Å². The summed E-state index contributed by atoms with van der Waals surface area (Å²) in [5.41, 5.74) is 3.24. The van der Waals surface area contributed by atoms with E-state index in [4.69, 9.17) is 0 Å². The highest BCUT2D eigenvalue weighted by molar-refractivity contribution is 7.00. The number of hydrogen-bond acceptors (Lipinski definition) is 3. The Hall–Kier alpha value is -0.960. The molecule has 1 aromatic heterocycles. The van der Waals surface area contributed by atoms with E-state index in [1.54, 1.807) is 0 Å². The molecule has 3 heteroatoms. The summed E-state index contributed by atoms with van der Waals surface area (Å²) in [7, 11) is 0. The zero-order valence-electron chi connectivity index (χ0n) is 5.53. The topological polar surface area (TPSA) is 25.8 Å². The van der Waals surface area contributed by atoms with Crippen LogP contribution in [0.15, 0.2) is 18.2 Å². The van der Waals surface area contributed by atoms with Crippen molar-refractivity contribution in [2.75, 3.05) is 0 Å². The van der Waals surface area contributed by atoms with Crippen LogP contribution < -0.4 is 0 Å². The van der Waals surface area contributed by atoms with Crippen LogP contribution in [0.25, 0.3) is 11.0 Å². The lowest BCUT2D eigenvalue weighted by Crippen LogP contribution is -1.71. The average molecular weight is 166 g/mol. The number of hydrogen-bond donors (Lipinski definition) is 0. The molecule has 0 radical (unpaired) electrons. The van der Waals surface area contributed by atoms with E-state index in [1.807, 2.05) is 18.2 Å². The molecule has 0 bridgehead atoms. The van der Waals surface area contributed by atoms with Gasteiger partial charge >= 0.3 is 0 Å². The maximum Gasteiger partial charge on any atom is 0.105 e. The molecule has 58 valence electrons.